The van der Waals surface area contributed by atoms with E-state index in [2.05, 4.69) is 25.8 Å². The first kappa shape index (κ1) is 24.0. The summed E-state index contributed by atoms with van der Waals surface area (Å²) in [6.07, 6.45) is 0. The number of guanidine groups is 1. The quantitative estimate of drug-likeness (QED) is 0.276. The average molecular weight is 527 g/mol. The largest absolute Gasteiger partial charge is 0.490 e. The number of aromatic nitrogens is 2. The minimum absolute atomic E-state index is 0. The number of benzene rings is 1. The predicted molar refractivity (Wildman–Crippen MR) is 128 cm³/mol. The first-order chi connectivity index (χ1) is 13.8. The van der Waals surface area contributed by atoms with Crippen LogP contribution in [0.1, 0.15) is 58.1 Å². The lowest BCUT2D eigenvalue weighted by Gasteiger charge is -2.15. The van der Waals surface area contributed by atoms with Crippen molar-refractivity contribution in [2.75, 3.05) is 13.7 Å². The summed E-state index contributed by atoms with van der Waals surface area (Å²) in [7, 11) is 1.71. The number of aliphatic imine (C=N–C) groups is 1. The molecule has 1 atom stereocenters. The summed E-state index contributed by atoms with van der Waals surface area (Å²) in [6.45, 7) is 11.1. The van der Waals surface area contributed by atoms with Crippen LogP contribution >= 0.6 is 24.0 Å². The number of rotatable bonds is 6. The van der Waals surface area contributed by atoms with E-state index in [-0.39, 0.29) is 35.4 Å². The highest BCUT2D eigenvalue weighted by Gasteiger charge is 2.22. The molecule has 0 fully saturated rings. The smallest absolute Gasteiger partial charge is 0.232 e. The van der Waals surface area contributed by atoms with Crippen molar-refractivity contribution in [2.45, 2.75) is 52.6 Å². The van der Waals surface area contributed by atoms with Gasteiger partial charge in [-0.2, -0.15) is 4.98 Å². The maximum absolute atomic E-state index is 6.05. The van der Waals surface area contributed by atoms with Crippen LogP contribution in [0.15, 0.2) is 38.2 Å². The van der Waals surface area contributed by atoms with Crippen molar-refractivity contribution >= 4 is 40.9 Å². The summed E-state index contributed by atoms with van der Waals surface area (Å²) in [6, 6.07) is 7.79. The van der Waals surface area contributed by atoms with Gasteiger partial charge in [-0.15, -0.1) is 24.0 Å². The molecule has 3 rings (SSSR count). The summed E-state index contributed by atoms with van der Waals surface area (Å²) < 4.78 is 17.0. The van der Waals surface area contributed by atoms with Crippen molar-refractivity contribution in [1.82, 2.24) is 20.8 Å². The molecular weight excluding hydrogens is 497 g/mol. The molecule has 0 radical (unpaired) electrons. The highest BCUT2D eigenvalue weighted by atomic mass is 127. The van der Waals surface area contributed by atoms with Crippen LogP contribution in [0.3, 0.4) is 0 Å². The number of halogens is 1. The second-order valence-corrected chi connectivity index (χ2v) is 7.81. The van der Waals surface area contributed by atoms with Crippen LogP contribution in [-0.4, -0.2) is 29.8 Å². The normalized spacial score (nSPS) is 13.1. The molecule has 0 aliphatic heterocycles. The van der Waals surface area contributed by atoms with Gasteiger partial charge in [0, 0.05) is 17.8 Å². The van der Waals surface area contributed by atoms with Crippen LogP contribution in [0.2, 0.25) is 0 Å². The van der Waals surface area contributed by atoms with Crippen molar-refractivity contribution in [2.24, 2.45) is 4.99 Å². The Morgan fingerprint density at radius 1 is 1.30 bits per heavy atom. The Hall–Kier alpha value is -2.30. The Bertz CT molecular complexity index is 990. The lowest BCUT2D eigenvalue weighted by atomic mass is 9.97. The Labute approximate surface area is 193 Å². The van der Waals surface area contributed by atoms with Crippen LogP contribution in [-0.2, 0) is 12.0 Å². The van der Waals surface area contributed by atoms with Crippen molar-refractivity contribution < 1.29 is 13.7 Å². The molecule has 0 bridgehead atoms. The standard InChI is InChI=1S/C21H29N5O3.HI/c1-7-27-15-10-8-9-14-11-16(28-18(14)15)13(2)24-20(22-6)23-12-17-25-19(29-26-17)21(3,4)5;/h8-11,13H,7,12H2,1-6H3,(H2,22,23,24);1H. The van der Waals surface area contributed by atoms with Gasteiger partial charge in [0.2, 0.25) is 5.89 Å². The molecule has 0 aliphatic carbocycles. The van der Waals surface area contributed by atoms with Gasteiger partial charge in [0.25, 0.3) is 0 Å². The lowest BCUT2D eigenvalue weighted by molar-refractivity contribution is 0.318. The SMILES string of the molecule is CCOc1cccc2cc(C(C)NC(=NC)NCc3noc(C(C)(C)C)n3)oc12.I. The van der Waals surface area contributed by atoms with E-state index in [1.54, 1.807) is 7.05 Å². The third-order valence-corrected chi connectivity index (χ3v) is 4.35. The number of furan rings is 1. The third kappa shape index (κ3) is 5.65. The van der Waals surface area contributed by atoms with Gasteiger partial charge in [-0.1, -0.05) is 38.1 Å². The number of nitrogens with zero attached hydrogens (tertiary/aromatic N) is 3. The molecular formula is C21H30IN5O3. The molecule has 164 valence electrons. The minimum atomic E-state index is -0.179. The van der Waals surface area contributed by atoms with Crippen LogP contribution in [0.4, 0.5) is 0 Å². The summed E-state index contributed by atoms with van der Waals surface area (Å²) in [5.41, 5.74) is 0.573. The van der Waals surface area contributed by atoms with E-state index in [0.29, 0.717) is 30.8 Å². The molecule has 2 N–H and O–H groups in total. The maximum Gasteiger partial charge on any atom is 0.232 e. The maximum atomic E-state index is 6.05. The molecule has 2 heterocycles. The average Bonchev–Trinajstić information content (AvgIpc) is 3.32. The molecule has 1 aromatic carbocycles. The minimum Gasteiger partial charge on any atom is -0.490 e. The molecule has 8 nitrogen and oxygen atoms in total. The third-order valence-electron chi connectivity index (χ3n) is 4.35. The number of para-hydroxylation sites is 1. The summed E-state index contributed by atoms with van der Waals surface area (Å²) in [5.74, 6) is 3.35. The summed E-state index contributed by atoms with van der Waals surface area (Å²) in [5, 5.41) is 11.5. The summed E-state index contributed by atoms with van der Waals surface area (Å²) >= 11 is 0. The van der Waals surface area contributed by atoms with Gasteiger partial charge in [0.1, 0.15) is 5.76 Å². The van der Waals surface area contributed by atoms with E-state index in [1.807, 2.05) is 58.9 Å². The van der Waals surface area contributed by atoms with Gasteiger partial charge < -0.3 is 24.3 Å². The number of hydrogen-bond acceptors (Lipinski definition) is 6. The van der Waals surface area contributed by atoms with Gasteiger partial charge in [-0.05, 0) is 26.0 Å². The fraction of sp³-hybridized carbons (Fsp3) is 0.476. The lowest BCUT2D eigenvalue weighted by Crippen LogP contribution is -2.38. The molecule has 0 amide bonds. The van der Waals surface area contributed by atoms with E-state index in [1.165, 1.54) is 0 Å². The monoisotopic (exact) mass is 527 g/mol. The zero-order valence-corrected chi connectivity index (χ0v) is 20.6. The highest BCUT2D eigenvalue weighted by molar-refractivity contribution is 14.0. The Morgan fingerprint density at radius 3 is 2.70 bits per heavy atom. The Balaban J connectivity index is 0.00000320. The molecule has 0 saturated carbocycles. The topological polar surface area (TPSA) is 97.7 Å². The van der Waals surface area contributed by atoms with Crippen LogP contribution in [0, 0.1) is 0 Å². The zero-order valence-electron chi connectivity index (χ0n) is 18.3. The highest BCUT2D eigenvalue weighted by Crippen LogP contribution is 2.31. The van der Waals surface area contributed by atoms with Gasteiger partial charge in [-0.3, -0.25) is 4.99 Å². The number of ether oxygens (including phenoxy) is 1. The van der Waals surface area contributed by atoms with Crippen molar-refractivity contribution in [3.63, 3.8) is 0 Å². The van der Waals surface area contributed by atoms with E-state index >= 15 is 0 Å². The van der Waals surface area contributed by atoms with E-state index in [9.17, 15) is 0 Å². The van der Waals surface area contributed by atoms with Crippen LogP contribution in [0.5, 0.6) is 5.75 Å². The van der Waals surface area contributed by atoms with Crippen molar-refractivity contribution in [1.29, 1.82) is 0 Å². The molecule has 0 spiro atoms. The molecule has 0 saturated heterocycles. The van der Waals surface area contributed by atoms with Crippen molar-refractivity contribution in [3.05, 3.63) is 41.7 Å². The molecule has 0 aliphatic rings. The number of nitrogens with one attached hydrogen (secondary N) is 2. The molecule has 9 heteroatoms. The van der Waals surface area contributed by atoms with Crippen LogP contribution < -0.4 is 15.4 Å². The Morgan fingerprint density at radius 2 is 2.07 bits per heavy atom. The zero-order chi connectivity index (χ0) is 21.0. The molecule has 2 aromatic heterocycles. The second kappa shape index (κ2) is 10.1. The van der Waals surface area contributed by atoms with Crippen LogP contribution in [0.25, 0.3) is 11.0 Å². The van der Waals surface area contributed by atoms with Gasteiger partial charge in [0.05, 0.1) is 19.2 Å². The Kier molecular flexibility index (Phi) is 8.10. The van der Waals surface area contributed by atoms with E-state index in [4.69, 9.17) is 13.7 Å². The molecule has 1 unspecified atom stereocenters. The van der Waals surface area contributed by atoms with Crippen molar-refractivity contribution in [3.8, 4) is 5.75 Å². The fourth-order valence-electron chi connectivity index (χ4n) is 2.80. The summed E-state index contributed by atoms with van der Waals surface area (Å²) in [4.78, 5) is 8.69. The second-order valence-electron chi connectivity index (χ2n) is 7.81. The molecule has 3 aromatic rings. The van der Waals surface area contributed by atoms with Gasteiger partial charge >= 0.3 is 0 Å². The molecule has 30 heavy (non-hydrogen) atoms. The number of fused-ring (bicyclic) bond motifs is 1. The van der Waals surface area contributed by atoms with E-state index < -0.39 is 0 Å². The predicted octanol–water partition coefficient (Wildman–Crippen LogP) is 4.56. The first-order valence-corrected chi connectivity index (χ1v) is 9.77. The first-order valence-electron chi connectivity index (χ1n) is 9.77. The number of hydrogen-bond donors (Lipinski definition) is 2. The fourth-order valence-corrected chi connectivity index (χ4v) is 2.80. The van der Waals surface area contributed by atoms with Gasteiger partial charge in [0.15, 0.2) is 23.1 Å². The van der Waals surface area contributed by atoms with Gasteiger partial charge in [-0.25, -0.2) is 0 Å². The van der Waals surface area contributed by atoms with E-state index in [0.717, 1.165) is 22.5 Å².